The Morgan fingerprint density at radius 3 is 2.64 bits per heavy atom. The first-order valence-electron chi connectivity index (χ1n) is 9.86. The second kappa shape index (κ2) is 9.18. The molecule has 172 valence electrons. The van der Waals surface area contributed by atoms with E-state index < -0.39 is 30.5 Å². The van der Waals surface area contributed by atoms with Crippen LogP contribution in [0, 0.1) is 0 Å². The number of thioether (sulfide) groups is 1. The Morgan fingerprint density at radius 2 is 1.94 bits per heavy atom. The number of anilines is 2. The van der Waals surface area contributed by atoms with Crippen LogP contribution in [0.15, 0.2) is 66.1 Å². The molecule has 1 N–H and O–H groups in total. The summed E-state index contributed by atoms with van der Waals surface area (Å²) < 4.78 is 48.4. The average molecular weight is 476 g/mol. The zero-order valence-corrected chi connectivity index (χ0v) is 18.2. The lowest BCUT2D eigenvalue weighted by Crippen LogP contribution is -2.50. The van der Waals surface area contributed by atoms with Crippen molar-refractivity contribution in [3.8, 4) is 11.4 Å². The number of ether oxygens (including phenoxy) is 1. The molecule has 33 heavy (non-hydrogen) atoms. The van der Waals surface area contributed by atoms with Gasteiger partial charge in [0.05, 0.1) is 30.7 Å². The van der Waals surface area contributed by atoms with Gasteiger partial charge in [0.15, 0.2) is 5.16 Å². The Bertz CT molecular complexity index is 1160. The lowest BCUT2D eigenvalue weighted by atomic mass is 10.1. The number of imidazole rings is 1. The Labute approximate surface area is 191 Å². The van der Waals surface area contributed by atoms with E-state index in [1.165, 1.54) is 18.2 Å². The largest absolute Gasteiger partial charge is 0.497 e. The van der Waals surface area contributed by atoms with Crippen LogP contribution in [0.25, 0.3) is 5.69 Å². The number of alkyl halides is 3. The van der Waals surface area contributed by atoms with Gasteiger partial charge in [-0.1, -0.05) is 23.9 Å². The molecule has 2 heterocycles. The molecule has 2 aromatic carbocycles. The highest BCUT2D eigenvalue weighted by molar-refractivity contribution is 7.99. The standard InChI is InChI=1S/C22H19F3N4O3S/c1-32-15-8-6-14(7-9-15)28-11-10-26-21(28)33-13-20(31)29-17-5-3-2-4-16(17)27-19(30)12-18(29)22(23,24)25/h2-11,18H,12-13H2,1H3,(H,27,30). The Kier molecular flexibility index (Phi) is 6.32. The van der Waals surface area contributed by atoms with Gasteiger partial charge in [-0.05, 0) is 36.4 Å². The molecule has 1 atom stereocenters. The monoisotopic (exact) mass is 476 g/mol. The van der Waals surface area contributed by atoms with Gasteiger partial charge in [-0.2, -0.15) is 13.2 Å². The summed E-state index contributed by atoms with van der Waals surface area (Å²) in [6.45, 7) is 0. The van der Waals surface area contributed by atoms with Gasteiger partial charge >= 0.3 is 6.18 Å². The molecule has 7 nitrogen and oxygen atoms in total. The number of aromatic nitrogens is 2. The molecule has 0 bridgehead atoms. The fraction of sp³-hybridized carbons (Fsp3) is 0.227. The van der Waals surface area contributed by atoms with Crippen molar-refractivity contribution in [1.82, 2.24) is 9.55 Å². The Morgan fingerprint density at radius 1 is 1.21 bits per heavy atom. The minimum absolute atomic E-state index is 0.00905. The molecule has 1 unspecified atom stereocenters. The van der Waals surface area contributed by atoms with Crippen LogP contribution in [-0.4, -0.2) is 46.4 Å². The maximum absolute atomic E-state index is 13.9. The molecule has 1 aromatic heterocycles. The number of nitrogens with zero attached hydrogens (tertiary/aromatic N) is 3. The third kappa shape index (κ3) is 4.82. The highest BCUT2D eigenvalue weighted by Crippen LogP contribution is 2.38. The summed E-state index contributed by atoms with van der Waals surface area (Å²) in [6, 6.07) is 10.8. The molecule has 0 radical (unpaired) electrons. The molecule has 0 spiro atoms. The van der Waals surface area contributed by atoms with Crippen molar-refractivity contribution in [2.75, 3.05) is 23.1 Å². The first-order valence-corrected chi connectivity index (χ1v) is 10.8. The van der Waals surface area contributed by atoms with E-state index >= 15 is 0 Å². The third-order valence-corrected chi connectivity index (χ3v) is 6.01. The lowest BCUT2D eigenvalue weighted by molar-refractivity contribution is -0.157. The van der Waals surface area contributed by atoms with Crippen LogP contribution in [0.3, 0.4) is 0 Å². The minimum atomic E-state index is -4.78. The van der Waals surface area contributed by atoms with Crippen LogP contribution in [0.2, 0.25) is 0 Å². The predicted molar refractivity (Wildman–Crippen MR) is 118 cm³/mol. The molecule has 0 fully saturated rings. The van der Waals surface area contributed by atoms with Crippen LogP contribution in [0.4, 0.5) is 24.5 Å². The molecule has 0 aliphatic carbocycles. The van der Waals surface area contributed by atoms with Gasteiger partial charge in [0.2, 0.25) is 11.8 Å². The second-order valence-electron chi connectivity index (χ2n) is 7.16. The van der Waals surface area contributed by atoms with Gasteiger partial charge in [0.1, 0.15) is 11.8 Å². The van der Waals surface area contributed by atoms with E-state index in [1.807, 2.05) is 0 Å². The van der Waals surface area contributed by atoms with E-state index in [1.54, 1.807) is 54.4 Å². The zero-order valence-electron chi connectivity index (χ0n) is 17.4. The number of fused-ring (bicyclic) bond motifs is 1. The number of benzene rings is 2. The summed E-state index contributed by atoms with van der Waals surface area (Å²) in [5.41, 5.74) is 0.924. The minimum Gasteiger partial charge on any atom is -0.497 e. The lowest BCUT2D eigenvalue weighted by Gasteiger charge is -2.31. The van der Waals surface area contributed by atoms with E-state index in [0.29, 0.717) is 15.8 Å². The summed E-state index contributed by atoms with van der Waals surface area (Å²) >= 11 is 1.01. The van der Waals surface area contributed by atoms with Gasteiger partial charge in [0.25, 0.3) is 0 Å². The van der Waals surface area contributed by atoms with E-state index in [9.17, 15) is 22.8 Å². The molecule has 1 aliphatic rings. The van der Waals surface area contributed by atoms with E-state index in [0.717, 1.165) is 17.4 Å². The quantitative estimate of drug-likeness (QED) is 0.557. The van der Waals surface area contributed by atoms with Crippen LogP contribution in [0.1, 0.15) is 6.42 Å². The fourth-order valence-electron chi connectivity index (χ4n) is 3.53. The van der Waals surface area contributed by atoms with Crippen molar-refractivity contribution < 1.29 is 27.5 Å². The van der Waals surface area contributed by atoms with Gasteiger partial charge in [0, 0.05) is 18.1 Å². The average Bonchev–Trinajstić information content (AvgIpc) is 3.19. The topological polar surface area (TPSA) is 76.5 Å². The number of carbonyl (C=O) groups excluding carboxylic acids is 2. The summed E-state index contributed by atoms with van der Waals surface area (Å²) in [6.07, 6.45) is -2.43. The maximum Gasteiger partial charge on any atom is 0.409 e. The van der Waals surface area contributed by atoms with Crippen LogP contribution < -0.4 is 15.0 Å². The second-order valence-corrected chi connectivity index (χ2v) is 8.10. The van der Waals surface area contributed by atoms with Gasteiger partial charge < -0.3 is 10.1 Å². The van der Waals surface area contributed by atoms with Crippen molar-refractivity contribution in [2.45, 2.75) is 23.8 Å². The number of halogens is 3. The number of amides is 2. The van der Waals surface area contributed by atoms with Crippen molar-refractivity contribution in [1.29, 1.82) is 0 Å². The van der Waals surface area contributed by atoms with Crippen LogP contribution in [-0.2, 0) is 9.59 Å². The zero-order chi connectivity index (χ0) is 23.6. The molecule has 0 saturated carbocycles. The van der Waals surface area contributed by atoms with Crippen LogP contribution >= 0.6 is 11.8 Å². The summed E-state index contributed by atoms with van der Waals surface area (Å²) in [5, 5.41) is 2.89. The number of hydrogen-bond donors (Lipinski definition) is 1. The highest BCUT2D eigenvalue weighted by Gasteiger charge is 2.48. The molecule has 4 rings (SSSR count). The number of hydrogen-bond acceptors (Lipinski definition) is 5. The first kappa shape index (κ1) is 22.7. The molecule has 1 aliphatic heterocycles. The number of para-hydroxylation sites is 2. The highest BCUT2D eigenvalue weighted by atomic mass is 32.2. The fourth-order valence-corrected chi connectivity index (χ4v) is 4.36. The predicted octanol–water partition coefficient (Wildman–Crippen LogP) is 4.28. The van der Waals surface area contributed by atoms with E-state index in [4.69, 9.17) is 4.74 Å². The van der Waals surface area contributed by atoms with Crippen molar-refractivity contribution in [3.63, 3.8) is 0 Å². The number of rotatable bonds is 5. The first-order chi connectivity index (χ1) is 15.8. The summed E-state index contributed by atoms with van der Waals surface area (Å²) in [5.74, 6) is -1.22. The number of nitrogens with one attached hydrogen (secondary N) is 1. The normalized spacial score (nSPS) is 16.1. The molecule has 3 aromatic rings. The van der Waals surface area contributed by atoms with Gasteiger partial charge in [-0.25, -0.2) is 4.98 Å². The third-order valence-electron chi connectivity index (χ3n) is 5.06. The molecule has 0 saturated heterocycles. The van der Waals surface area contributed by atoms with E-state index in [2.05, 4.69) is 10.3 Å². The molecule has 2 amide bonds. The van der Waals surface area contributed by atoms with Crippen molar-refractivity contribution in [3.05, 3.63) is 60.9 Å². The summed E-state index contributed by atoms with van der Waals surface area (Å²) in [7, 11) is 1.55. The van der Waals surface area contributed by atoms with Gasteiger partial charge in [-0.3, -0.25) is 19.1 Å². The molecular weight excluding hydrogens is 457 g/mol. The number of methoxy groups -OCH3 is 1. The van der Waals surface area contributed by atoms with Crippen molar-refractivity contribution >= 4 is 35.0 Å². The van der Waals surface area contributed by atoms with E-state index in [-0.39, 0.29) is 17.1 Å². The Balaban J connectivity index is 1.60. The Hall–Kier alpha value is -3.47. The molecular formula is C22H19F3N4O3S. The number of carbonyl (C=O) groups is 2. The van der Waals surface area contributed by atoms with Gasteiger partial charge in [-0.15, -0.1) is 0 Å². The van der Waals surface area contributed by atoms with Crippen molar-refractivity contribution in [2.24, 2.45) is 0 Å². The van der Waals surface area contributed by atoms with Crippen LogP contribution in [0.5, 0.6) is 5.75 Å². The molecule has 11 heteroatoms. The SMILES string of the molecule is COc1ccc(-n2ccnc2SCC(=O)N2c3ccccc3NC(=O)CC2C(F)(F)F)cc1. The maximum atomic E-state index is 13.9. The summed E-state index contributed by atoms with van der Waals surface area (Å²) in [4.78, 5) is 30.1. The smallest absolute Gasteiger partial charge is 0.409 e.